The van der Waals surface area contributed by atoms with Crippen LogP contribution in [-0.4, -0.2) is 132 Å². The Labute approximate surface area is 504 Å². The molecule has 0 aliphatic carbocycles. The molecule has 5 atom stereocenters. The number of benzene rings is 3. The van der Waals surface area contributed by atoms with Gasteiger partial charge in [-0.3, -0.25) is 9.59 Å². The molecular weight excluding hydrogens is 1170 g/mol. The first kappa shape index (κ1) is 72.7. The molecule has 2 heterocycles. The maximum atomic E-state index is 12.9. The number of esters is 2. The first-order valence-electron chi connectivity index (χ1n) is 27.3. The second-order valence-corrected chi connectivity index (χ2v) is 25.4. The van der Waals surface area contributed by atoms with Gasteiger partial charge >= 0.3 is 11.9 Å². The molecule has 23 nitrogen and oxygen atoms in total. The van der Waals surface area contributed by atoms with E-state index in [0.29, 0.717) is 77.8 Å². The van der Waals surface area contributed by atoms with Crippen LogP contribution in [0.2, 0.25) is 10.0 Å². The molecule has 2 aliphatic rings. The molecule has 0 saturated carbocycles. The molecule has 0 saturated heterocycles. The van der Waals surface area contributed by atoms with E-state index < -0.39 is 72.2 Å². The Bertz CT molecular complexity index is 3020. The van der Waals surface area contributed by atoms with Gasteiger partial charge in [0.25, 0.3) is 0 Å². The number of dihydropyridines is 1. The number of halogens is 2. The van der Waals surface area contributed by atoms with Crippen molar-refractivity contribution >= 4 is 72.7 Å². The third kappa shape index (κ3) is 21.1. The molecule has 0 fully saturated rings. The van der Waals surface area contributed by atoms with Crippen LogP contribution in [-0.2, 0) is 64.6 Å². The van der Waals surface area contributed by atoms with Crippen molar-refractivity contribution in [3.63, 3.8) is 0 Å². The summed E-state index contributed by atoms with van der Waals surface area (Å²) in [6, 6.07) is 14.7. The van der Waals surface area contributed by atoms with Gasteiger partial charge in [0.05, 0.1) is 92.3 Å². The van der Waals surface area contributed by atoms with E-state index in [4.69, 9.17) is 74.0 Å². The minimum atomic E-state index is -4.07. The Morgan fingerprint density at radius 1 is 0.905 bits per heavy atom. The number of ether oxygens (including phenoxy) is 6. The number of amides is 2. The topological polar surface area (TPSA) is 364 Å². The second kappa shape index (κ2) is 33.9. The van der Waals surface area contributed by atoms with E-state index in [9.17, 15) is 41.1 Å². The Hall–Kier alpha value is -5.58. The standard InChI is InChI=1S/C30H53N3O6.C20H25ClN2O5.C7H8ClN3O4S2/c1-19(2)22(14-21-10-11-26(38-8)27(15-21)39-13-9-12-37-7)16-24(31)25(34)17-23(20(3)4)28(35)33-18-30(5,6)29(32)36;1-4-28-20(25)18-15(11-27-10-9-22)23-12(2)16(19(24)26-3)17(18)13-7-5-6-8-14(13)21;8-4-1-5-7(2-6(4)16(9,12)13)17(14,15)11-3-10-5/h10-11,15,19-20,22-25,34H,9,12-14,16-18,31H2,1-8H3,(H2,32,36)(H,33,35);5-8,17,23H,4,9-11,22H2,1-3H3;1-2,10-11H,3H2,(H2,9,12,13)/t22-,23-,24-,25-;;/m0../s1. The minimum Gasteiger partial charge on any atom is -0.493 e. The number of aliphatic hydroxyl groups is 1. The number of sulfonamides is 2. The number of carbonyl (C=O) groups excluding carboxylic acids is 4. The number of hydrogen-bond donors (Lipinski definition) is 9. The Kier molecular flexibility index (Phi) is 29.4. The van der Waals surface area contributed by atoms with Crippen molar-refractivity contribution < 1.29 is 69.5 Å². The van der Waals surface area contributed by atoms with Crippen molar-refractivity contribution in [2.24, 2.45) is 51.4 Å². The highest BCUT2D eigenvalue weighted by molar-refractivity contribution is 7.90. The molecule has 3 aromatic carbocycles. The van der Waals surface area contributed by atoms with E-state index in [0.717, 1.165) is 24.5 Å². The van der Waals surface area contributed by atoms with E-state index in [1.54, 1.807) is 66.2 Å². The molecule has 470 valence electrons. The molecule has 0 radical (unpaired) electrons. The molecule has 27 heteroatoms. The third-order valence-corrected chi connectivity index (χ3v) is 17.1. The van der Waals surface area contributed by atoms with E-state index >= 15 is 0 Å². The average molecular weight is 1260 g/mol. The Morgan fingerprint density at radius 2 is 1.58 bits per heavy atom. The van der Waals surface area contributed by atoms with Crippen LogP contribution < -0.4 is 52.5 Å². The Morgan fingerprint density at radius 3 is 2.15 bits per heavy atom. The first-order chi connectivity index (χ1) is 39.4. The van der Waals surface area contributed by atoms with E-state index in [1.165, 1.54) is 13.2 Å². The lowest BCUT2D eigenvalue weighted by Crippen LogP contribution is -2.46. The number of allylic oxidation sites excluding steroid dienone is 1. The molecule has 2 aliphatic heterocycles. The van der Waals surface area contributed by atoms with Crippen LogP contribution in [0.4, 0.5) is 5.69 Å². The van der Waals surface area contributed by atoms with Crippen LogP contribution in [0.15, 0.2) is 86.9 Å². The summed E-state index contributed by atoms with van der Waals surface area (Å²) in [5, 5.41) is 24.9. The number of methoxy groups -OCH3 is 3. The highest BCUT2D eigenvalue weighted by Crippen LogP contribution is 2.42. The van der Waals surface area contributed by atoms with Crippen LogP contribution in [0.5, 0.6) is 11.5 Å². The van der Waals surface area contributed by atoms with Crippen LogP contribution in [0.1, 0.15) is 91.7 Å². The molecule has 0 aromatic heterocycles. The van der Waals surface area contributed by atoms with Crippen LogP contribution in [0.3, 0.4) is 0 Å². The zero-order valence-electron chi connectivity index (χ0n) is 49.8. The molecular formula is C57H86Cl2N8O15S2. The van der Waals surface area contributed by atoms with Gasteiger partial charge in [-0.05, 0) is 106 Å². The van der Waals surface area contributed by atoms with Gasteiger partial charge in [-0.1, -0.05) is 75.2 Å². The van der Waals surface area contributed by atoms with Crippen LogP contribution in [0, 0.1) is 29.1 Å². The highest BCUT2D eigenvalue weighted by atomic mass is 35.5. The monoisotopic (exact) mass is 1260 g/mol. The van der Waals surface area contributed by atoms with Crippen molar-refractivity contribution in [3.05, 3.63) is 98.3 Å². The number of hydrogen-bond acceptors (Lipinski definition) is 19. The maximum Gasteiger partial charge on any atom is 0.336 e. The third-order valence-electron chi connectivity index (χ3n) is 13.9. The van der Waals surface area contributed by atoms with E-state index in [2.05, 4.69) is 34.5 Å². The van der Waals surface area contributed by atoms with Crippen LogP contribution in [0.25, 0.3) is 0 Å². The molecule has 13 N–H and O–H groups in total. The number of aliphatic hydroxyl groups excluding tert-OH is 1. The molecule has 84 heavy (non-hydrogen) atoms. The second-order valence-electron chi connectivity index (χ2n) is 21.3. The molecule has 2 amide bonds. The van der Waals surface area contributed by atoms with Crippen LogP contribution >= 0.6 is 23.2 Å². The predicted octanol–water partition coefficient (Wildman–Crippen LogP) is 5.21. The first-order valence-corrected chi connectivity index (χ1v) is 31.1. The summed E-state index contributed by atoms with van der Waals surface area (Å²) in [7, 11) is -3.22. The number of anilines is 1. The van der Waals surface area contributed by atoms with Crippen molar-refractivity contribution in [2.75, 3.05) is 79.4 Å². The lowest BCUT2D eigenvalue weighted by molar-refractivity contribution is -0.139. The van der Waals surface area contributed by atoms with Gasteiger partial charge in [0, 0.05) is 55.9 Å². The predicted molar refractivity (Wildman–Crippen MR) is 322 cm³/mol. The van der Waals surface area contributed by atoms with Gasteiger partial charge in [-0.2, -0.15) is 4.72 Å². The van der Waals surface area contributed by atoms with Crippen molar-refractivity contribution in [2.45, 2.75) is 109 Å². The van der Waals surface area contributed by atoms with Gasteiger partial charge in [-0.15, -0.1) is 0 Å². The lowest BCUT2D eigenvalue weighted by atomic mass is 9.80. The molecule has 1 unspecified atom stereocenters. The summed E-state index contributed by atoms with van der Waals surface area (Å²) in [5.41, 5.74) is 20.1. The summed E-state index contributed by atoms with van der Waals surface area (Å²) in [5.74, 6) is -1.07. The highest BCUT2D eigenvalue weighted by Gasteiger charge is 2.40. The van der Waals surface area contributed by atoms with E-state index in [1.807, 2.05) is 32.0 Å². The fourth-order valence-electron chi connectivity index (χ4n) is 8.93. The number of fused-ring (bicyclic) bond motifs is 1. The summed E-state index contributed by atoms with van der Waals surface area (Å²) in [4.78, 5) is 49.4. The van der Waals surface area contributed by atoms with Crippen molar-refractivity contribution in [1.29, 1.82) is 0 Å². The number of nitrogens with one attached hydrogen (secondary N) is 4. The van der Waals surface area contributed by atoms with Crippen molar-refractivity contribution in [1.82, 2.24) is 15.4 Å². The summed E-state index contributed by atoms with van der Waals surface area (Å²) >= 11 is 12.1. The minimum absolute atomic E-state index is 0.00829. The molecule has 0 spiro atoms. The Balaban J connectivity index is 0.000000355. The summed E-state index contributed by atoms with van der Waals surface area (Å²) in [6.45, 7) is 17.3. The molecule has 3 aromatic rings. The normalized spacial score (nSPS) is 16.2. The fraction of sp³-hybridized carbons (Fsp3) is 0.544. The number of carbonyl (C=O) groups is 4. The SMILES string of the molecule is CCOC(=O)C1=C(COCCN)NC(C)=C(C(=O)OC)C1c1ccccc1Cl.COCCCOc1cc(C[C@@H](C[C@H](N)[C@@H](O)C[C@H](C(=O)NCC(C)(C)C(N)=O)C(C)C)C(C)C)ccc1OC.NS(=O)(=O)c1cc2c(cc1Cl)NCNS2(=O)=O. The molecule has 0 bridgehead atoms. The number of rotatable bonds is 28. The average Bonchev–Trinajstić information content (AvgIpc) is 0.978. The summed E-state index contributed by atoms with van der Waals surface area (Å²) in [6.07, 6.45) is 1.56. The van der Waals surface area contributed by atoms with Gasteiger partial charge in [0.2, 0.25) is 31.9 Å². The molecule has 5 rings (SSSR count). The number of primary amides is 1. The smallest absolute Gasteiger partial charge is 0.336 e. The van der Waals surface area contributed by atoms with Crippen molar-refractivity contribution in [3.8, 4) is 11.5 Å². The lowest BCUT2D eigenvalue weighted by Gasteiger charge is -2.31. The zero-order valence-corrected chi connectivity index (χ0v) is 52.9. The zero-order chi connectivity index (χ0) is 63.3. The quantitative estimate of drug-likeness (QED) is 0.0333. The largest absolute Gasteiger partial charge is 0.493 e. The fourth-order valence-corrected chi connectivity index (χ4v) is 11.5. The van der Waals surface area contributed by atoms with Gasteiger partial charge in [0.15, 0.2) is 11.5 Å². The van der Waals surface area contributed by atoms with Gasteiger partial charge in [-0.25, -0.2) is 31.6 Å². The number of primary sulfonamides is 1. The summed E-state index contributed by atoms with van der Waals surface area (Å²) < 4.78 is 80.2. The maximum absolute atomic E-state index is 12.9. The number of nitrogens with two attached hydrogens (primary N) is 4. The van der Waals surface area contributed by atoms with E-state index in [-0.39, 0.29) is 71.8 Å². The van der Waals surface area contributed by atoms with Gasteiger partial charge in [0.1, 0.15) is 9.79 Å². The van der Waals surface area contributed by atoms with Gasteiger partial charge < -0.3 is 66.7 Å².